The highest BCUT2D eigenvalue weighted by Gasteiger charge is 2.46. The molecule has 3 heterocycles. The third-order valence-corrected chi connectivity index (χ3v) is 10.5. The van der Waals surface area contributed by atoms with Crippen molar-refractivity contribution in [3.05, 3.63) is 130 Å². The number of rotatable bonds is 15. The predicted octanol–water partition coefficient (Wildman–Crippen LogP) is 8.32. The minimum Gasteiger partial charge on any atom is -0.861 e. The molecule has 1 saturated heterocycles. The second kappa shape index (κ2) is 17.8. The lowest BCUT2D eigenvalue weighted by atomic mass is 9.80. The Labute approximate surface area is 344 Å². The number of aliphatic imine (C=N–C) groups is 1. The highest BCUT2D eigenvalue weighted by molar-refractivity contribution is 7.32. The van der Waals surface area contributed by atoms with Crippen molar-refractivity contribution >= 4 is 54.5 Å². The van der Waals surface area contributed by atoms with Gasteiger partial charge in [0.05, 0.1) is 32.2 Å². The van der Waals surface area contributed by atoms with Crippen LogP contribution in [0.1, 0.15) is 43.2 Å². The van der Waals surface area contributed by atoms with Crippen LogP contribution in [0.4, 0.5) is 5.95 Å². The summed E-state index contributed by atoms with van der Waals surface area (Å²) in [6, 6.07) is 29.5. The van der Waals surface area contributed by atoms with Crippen LogP contribution in [0.25, 0.3) is 11.2 Å². The number of methoxy groups -OCH3 is 2. The molecule has 0 aliphatic carbocycles. The second-order valence-corrected chi connectivity index (χ2v) is 15.0. The number of aromatic nitrogens is 4. The molecule has 0 bridgehead atoms. The van der Waals surface area contributed by atoms with Crippen LogP contribution >= 0.6 is 31.5 Å². The van der Waals surface area contributed by atoms with Crippen molar-refractivity contribution in [1.29, 1.82) is 0 Å². The van der Waals surface area contributed by atoms with Gasteiger partial charge < -0.3 is 28.8 Å². The van der Waals surface area contributed by atoms with E-state index >= 15 is 0 Å². The molecule has 2 aromatic heterocycles. The first-order valence-corrected chi connectivity index (χ1v) is 20.0. The molecule has 7 rings (SSSR count). The number of benzene rings is 4. The van der Waals surface area contributed by atoms with Crippen LogP contribution in [-0.4, -0.2) is 63.3 Å². The normalized spacial score (nSPS) is 17.5. The van der Waals surface area contributed by atoms with Crippen molar-refractivity contribution in [1.82, 2.24) is 19.5 Å². The van der Waals surface area contributed by atoms with Crippen LogP contribution in [-0.2, 0) is 24.2 Å². The van der Waals surface area contributed by atoms with Gasteiger partial charge in [0.15, 0.2) is 11.2 Å². The summed E-state index contributed by atoms with van der Waals surface area (Å²) in [6.45, 7) is 3.30. The number of imidazole rings is 1. The molecule has 0 spiro atoms. The molecule has 6 aromatic rings. The topological polar surface area (TPSA) is 172 Å². The minimum atomic E-state index is -3.05. The summed E-state index contributed by atoms with van der Waals surface area (Å²) < 4.78 is 50.2. The average Bonchev–Trinajstić information content (AvgIpc) is 3.84. The summed E-state index contributed by atoms with van der Waals surface area (Å²) in [7, 11) is 0.140. The first-order valence-electron chi connectivity index (χ1n) is 18.1. The lowest BCUT2D eigenvalue weighted by Gasteiger charge is -2.37. The van der Waals surface area contributed by atoms with Gasteiger partial charge in [-0.1, -0.05) is 91.6 Å². The molecule has 58 heavy (non-hydrogen) atoms. The van der Waals surface area contributed by atoms with E-state index in [4.69, 9.17) is 51.4 Å². The SMILES string of the molecule is COc1ccc(C(OC[C@H]2O[C@@H](n3cnc4c(Oc5cc(Cl)ccc5Cl)nc(N=C([O-])C(C)C)nc43)C[C@@H]2O[P+](=O)O)(c2ccccc2)c2ccc(OC)cc2)cc1. The molecule has 1 fully saturated rings. The number of nitrogens with zero attached hydrogens (tertiary/aromatic N) is 5. The minimum absolute atomic E-state index is 0.0426. The van der Waals surface area contributed by atoms with Crippen molar-refractivity contribution in [2.45, 2.75) is 44.3 Å². The van der Waals surface area contributed by atoms with Gasteiger partial charge in [-0.3, -0.25) is 4.57 Å². The van der Waals surface area contributed by atoms with Gasteiger partial charge in [0, 0.05) is 22.1 Å². The van der Waals surface area contributed by atoms with Gasteiger partial charge in [-0.05, 0) is 64.9 Å². The fourth-order valence-corrected chi connectivity index (χ4v) is 7.40. The van der Waals surface area contributed by atoms with Gasteiger partial charge in [0.1, 0.15) is 41.3 Å². The van der Waals surface area contributed by atoms with Crippen molar-refractivity contribution in [3.8, 4) is 23.1 Å². The van der Waals surface area contributed by atoms with Crippen LogP contribution < -0.4 is 19.3 Å². The van der Waals surface area contributed by atoms with E-state index in [1.807, 2.05) is 78.9 Å². The Hall–Kier alpha value is -5.18. The largest absolute Gasteiger partial charge is 0.861 e. The molecule has 1 N–H and O–H groups in total. The van der Waals surface area contributed by atoms with Crippen LogP contribution in [0.2, 0.25) is 10.0 Å². The summed E-state index contributed by atoms with van der Waals surface area (Å²) in [4.78, 5) is 27.6. The van der Waals surface area contributed by atoms with Crippen LogP contribution in [0.15, 0.2) is 108 Å². The van der Waals surface area contributed by atoms with Crippen molar-refractivity contribution in [2.75, 3.05) is 20.8 Å². The Bertz CT molecular complexity index is 2370. The van der Waals surface area contributed by atoms with Gasteiger partial charge in [-0.25, -0.2) is 9.98 Å². The Balaban J connectivity index is 1.29. The van der Waals surface area contributed by atoms with Crippen molar-refractivity contribution in [3.63, 3.8) is 0 Å². The quantitative estimate of drug-likeness (QED) is 0.0454. The molecular formula is C41H38Cl2N5O9P. The first-order chi connectivity index (χ1) is 28.0. The zero-order valence-electron chi connectivity index (χ0n) is 31.7. The zero-order valence-corrected chi connectivity index (χ0v) is 34.1. The highest BCUT2D eigenvalue weighted by Crippen LogP contribution is 2.44. The third kappa shape index (κ3) is 8.64. The Morgan fingerprint density at radius 2 is 1.60 bits per heavy atom. The lowest BCUT2D eigenvalue weighted by Crippen LogP contribution is -2.38. The summed E-state index contributed by atoms with van der Waals surface area (Å²) in [5, 5.41) is 13.4. The molecule has 0 amide bonds. The third-order valence-electron chi connectivity index (χ3n) is 9.54. The standard InChI is InChI=1S/C41H38Cl2N5O9P/c1-24(2)38(49)46-40-45-37-36(39(47-40)56-32-20-28(42)14-19-31(32)43)44-23-48(37)35-21-33(57-58(50)51)34(55-35)22-54-41(25-8-6-5-7-9-25,26-10-15-29(52-3)16-11-26)27-12-17-30(53-4)18-13-27/h5-20,23-24,33-35H,21-22H2,1-4H3,(H-,45,46,47,49,50,51)/t33-,34+,35+/m0/s1. The monoisotopic (exact) mass is 845 g/mol. The maximum absolute atomic E-state index is 12.7. The van der Waals surface area contributed by atoms with Crippen LogP contribution in [0.5, 0.6) is 23.1 Å². The van der Waals surface area contributed by atoms with Gasteiger partial charge in [-0.15, -0.1) is 9.42 Å². The van der Waals surface area contributed by atoms with Crippen molar-refractivity contribution in [2.24, 2.45) is 10.9 Å². The predicted molar refractivity (Wildman–Crippen MR) is 215 cm³/mol. The van der Waals surface area contributed by atoms with Gasteiger partial charge in [0.2, 0.25) is 0 Å². The fraction of sp³-hybridized carbons (Fsp3) is 0.268. The molecule has 1 unspecified atom stereocenters. The Morgan fingerprint density at radius 1 is 0.966 bits per heavy atom. The Morgan fingerprint density at radius 3 is 2.21 bits per heavy atom. The highest BCUT2D eigenvalue weighted by atomic mass is 35.5. The summed E-state index contributed by atoms with van der Waals surface area (Å²) in [5.74, 6) is 0.390. The molecule has 14 nitrogen and oxygen atoms in total. The molecule has 1 aliphatic heterocycles. The van der Waals surface area contributed by atoms with Gasteiger partial charge >= 0.3 is 8.25 Å². The second-order valence-electron chi connectivity index (χ2n) is 13.5. The maximum atomic E-state index is 12.7. The van der Waals surface area contributed by atoms with Gasteiger partial charge in [-0.2, -0.15) is 9.97 Å². The number of halogens is 2. The average molecular weight is 847 g/mol. The fourth-order valence-electron chi connectivity index (χ4n) is 6.63. The van der Waals surface area contributed by atoms with E-state index in [0.29, 0.717) is 16.5 Å². The Kier molecular flexibility index (Phi) is 12.5. The van der Waals surface area contributed by atoms with E-state index < -0.39 is 44.1 Å². The van der Waals surface area contributed by atoms with Crippen LogP contribution in [0, 0.1) is 5.92 Å². The number of fused-ring (bicyclic) bond motifs is 1. The number of ether oxygens (including phenoxy) is 5. The zero-order chi connectivity index (χ0) is 41.0. The van der Waals surface area contributed by atoms with E-state index in [9.17, 15) is 14.6 Å². The molecular weight excluding hydrogens is 808 g/mol. The molecule has 4 atom stereocenters. The van der Waals surface area contributed by atoms with E-state index in [-0.39, 0.29) is 46.8 Å². The summed E-state index contributed by atoms with van der Waals surface area (Å²) in [5.41, 5.74) is 1.55. The first kappa shape index (κ1) is 41.0. The van der Waals surface area contributed by atoms with E-state index in [2.05, 4.69) is 19.9 Å². The molecule has 0 radical (unpaired) electrons. The van der Waals surface area contributed by atoms with E-state index in [0.717, 1.165) is 16.7 Å². The summed E-state index contributed by atoms with van der Waals surface area (Å²) >= 11 is 12.7. The van der Waals surface area contributed by atoms with Crippen molar-refractivity contribution < 1.29 is 42.8 Å². The molecule has 300 valence electrons. The van der Waals surface area contributed by atoms with E-state index in [1.165, 1.54) is 12.4 Å². The smallest absolute Gasteiger partial charge is 0.695 e. The maximum Gasteiger partial charge on any atom is 0.695 e. The molecule has 4 aromatic carbocycles. The van der Waals surface area contributed by atoms with Crippen LogP contribution in [0.3, 0.4) is 0 Å². The number of hydrogen-bond acceptors (Lipinski definition) is 12. The van der Waals surface area contributed by atoms with Gasteiger partial charge in [0.25, 0.3) is 11.8 Å². The molecule has 1 aliphatic rings. The molecule has 17 heteroatoms. The van der Waals surface area contributed by atoms with E-state index in [1.54, 1.807) is 44.8 Å². The lowest BCUT2D eigenvalue weighted by molar-refractivity contribution is -0.222. The summed E-state index contributed by atoms with van der Waals surface area (Å²) in [6.07, 6.45) is -1.11. The number of hydrogen-bond donors (Lipinski definition) is 1. The molecule has 0 saturated carbocycles.